The van der Waals surface area contributed by atoms with E-state index in [2.05, 4.69) is 18.3 Å². The third kappa shape index (κ3) is 3.21. The quantitative estimate of drug-likeness (QED) is 0.811. The number of likely N-dealkylation sites (N-methyl/N-ethyl adjacent to an activating group) is 1. The van der Waals surface area contributed by atoms with E-state index in [0.29, 0.717) is 13.0 Å². The number of ether oxygens (including phenoxy) is 1. The average Bonchev–Trinajstić information content (AvgIpc) is 2.92. The van der Waals surface area contributed by atoms with Crippen molar-refractivity contribution in [2.24, 2.45) is 5.92 Å². The van der Waals surface area contributed by atoms with Crippen LogP contribution in [-0.4, -0.2) is 30.3 Å². The van der Waals surface area contributed by atoms with Crippen LogP contribution in [0.4, 0.5) is 0 Å². The van der Waals surface area contributed by atoms with Gasteiger partial charge in [0.05, 0.1) is 6.61 Å². The van der Waals surface area contributed by atoms with Gasteiger partial charge in [0.1, 0.15) is 11.3 Å². The monoisotopic (exact) mass is 291 g/mol. The van der Waals surface area contributed by atoms with Gasteiger partial charge in [0.25, 0.3) is 0 Å². The first kappa shape index (κ1) is 15.8. The molecule has 0 amide bonds. The van der Waals surface area contributed by atoms with Gasteiger partial charge in [-0.2, -0.15) is 0 Å². The molecule has 1 aliphatic rings. The van der Waals surface area contributed by atoms with Gasteiger partial charge in [-0.15, -0.1) is 0 Å². The van der Waals surface area contributed by atoms with Crippen molar-refractivity contribution in [3.8, 4) is 5.75 Å². The first-order valence-corrected chi connectivity index (χ1v) is 7.77. The van der Waals surface area contributed by atoms with Crippen molar-refractivity contribution in [3.63, 3.8) is 0 Å². The van der Waals surface area contributed by atoms with Gasteiger partial charge in [0.2, 0.25) is 0 Å². The lowest BCUT2D eigenvalue weighted by Crippen LogP contribution is -2.53. The molecule has 1 aliphatic carbocycles. The summed E-state index contributed by atoms with van der Waals surface area (Å²) in [6.45, 7) is 2.67. The minimum Gasteiger partial charge on any atom is -0.493 e. The molecule has 4 nitrogen and oxygen atoms in total. The highest BCUT2D eigenvalue weighted by molar-refractivity contribution is 5.79. The number of aliphatic carboxylic acids is 1. The van der Waals surface area contributed by atoms with Crippen molar-refractivity contribution in [2.75, 3.05) is 13.7 Å². The molecule has 0 aliphatic heterocycles. The summed E-state index contributed by atoms with van der Waals surface area (Å²) in [6.07, 6.45) is 4.32. The zero-order valence-corrected chi connectivity index (χ0v) is 12.9. The van der Waals surface area contributed by atoms with Crippen LogP contribution < -0.4 is 10.1 Å². The molecular weight excluding hydrogens is 266 g/mol. The van der Waals surface area contributed by atoms with Crippen LogP contribution in [0.1, 0.15) is 38.2 Å². The fourth-order valence-corrected chi connectivity index (χ4v) is 3.43. The zero-order valence-electron chi connectivity index (χ0n) is 12.9. The maximum absolute atomic E-state index is 11.6. The Kier molecular flexibility index (Phi) is 5.23. The molecule has 0 aromatic heterocycles. The van der Waals surface area contributed by atoms with Crippen LogP contribution in [0.3, 0.4) is 0 Å². The molecule has 2 rings (SSSR count). The van der Waals surface area contributed by atoms with E-state index in [1.165, 1.54) is 5.56 Å². The lowest BCUT2D eigenvalue weighted by molar-refractivity contribution is -0.146. The summed E-state index contributed by atoms with van der Waals surface area (Å²) in [7, 11) is 1.75. The Bertz CT molecular complexity index is 489. The molecule has 0 bridgehead atoms. The fraction of sp³-hybridized carbons (Fsp3) is 0.588. The molecule has 1 aromatic carbocycles. The van der Waals surface area contributed by atoms with Crippen molar-refractivity contribution < 1.29 is 14.6 Å². The van der Waals surface area contributed by atoms with E-state index in [0.717, 1.165) is 31.4 Å². The minimum atomic E-state index is -0.770. The summed E-state index contributed by atoms with van der Waals surface area (Å²) < 4.78 is 5.89. The number of rotatable bonds is 7. The number of nitrogens with one attached hydrogen (secondary N) is 1. The molecule has 1 fully saturated rings. The molecule has 2 atom stereocenters. The highest BCUT2D eigenvalue weighted by Crippen LogP contribution is 2.38. The molecule has 2 unspecified atom stereocenters. The summed E-state index contributed by atoms with van der Waals surface area (Å²) >= 11 is 0. The van der Waals surface area contributed by atoms with Gasteiger partial charge in [-0.3, -0.25) is 4.79 Å². The Labute approximate surface area is 126 Å². The molecule has 0 heterocycles. The molecule has 0 saturated heterocycles. The third-order valence-corrected chi connectivity index (χ3v) is 4.73. The maximum Gasteiger partial charge on any atom is 0.324 e. The topological polar surface area (TPSA) is 58.6 Å². The molecule has 21 heavy (non-hydrogen) atoms. The number of aryl methyl sites for hydroxylation is 1. The molecule has 4 heteroatoms. The first-order chi connectivity index (χ1) is 10.1. The van der Waals surface area contributed by atoms with Crippen molar-refractivity contribution in [2.45, 2.75) is 44.6 Å². The number of carboxylic acids is 1. The Hall–Kier alpha value is -1.55. The van der Waals surface area contributed by atoms with Gasteiger partial charge >= 0.3 is 5.97 Å². The normalized spacial score (nSPS) is 25.0. The lowest BCUT2D eigenvalue weighted by Gasteiger charge is -2.31. The number of para-hydroxylation sites is 1. The van der Waals surface area contributed by atoms with Crippen molar-refractivity contribution >= 4 is 5.97 Å². The van der Waals surface area contributed by atoms with Crippen molar-refractivity contribution in [3.05, 3.63) is 29.8 Å². The van der Waals surface area contributed by atoms with E-state index in [4.69, 9.17) is 4.74 Å². The van der Waals surface area contributed by atoms with Crippen LogP contribution >= 0.6 is 0 Å². The maximum atomic E-state index is 11.6. The second-order valence-corrected chi connectivity index (χ2v) is 5.71. The van der Waals surface area contributed by atoms with Gasteiger partial charge in [-0.1, -0.05) is 31.5 Å². The van der Waals surface area contributed by atoms with E-state index in [-0.39, 0.29) is 5.92 Å². The Balaban J connectivity index is 1.95. The number of hydrogen-bond acceptors (Lipinski definition) is 3. The third-order valence-electron chi connectivity index (χ3n) is 4.73. The number of carboxylic acid groups (broad SMARTS) is 1. The number of benzene rings is 1. The highest BCUT2D eigenvalue weighted by atomic mass is 16.5. The minimum absolute atomic E-state index is 0.133. The molecule has 0 radical (unpaired) electrons. The number of hydrogen-bond donors (Lipinski definition) is 2. The van der Waals surface area contributed by atoms with Gasteiger partial charge in [-0.05, 0) is 50.3 Å². The smallest absolute Gasteiger partial charge is 0.324 e. The van der Waals surface area contributed by atoms with Crippen LogP contribution in [0, 0.1) is 5.92 Å². The predicted octanol–water partition coefficient (Wildman–Crippen LogP) is 2.86. The molecule has 0 spiro atoms. The first-order valence-electron chi connectivity index (χ1n) is 7.77. The van der Waals surface area contributed by atoms with E-state index in [1.807, 2.05) is 18.2 Å². The molecule has 1 saturated carbocycles. The Morgan fingerprint density at radius 3 is 2.90 bits per heavy atom. The van der Waals surface area contributed by atoms with Crippen molar-refractivity contribution in [1.29, 1.82) is 0 Å². The summed E-state index contributed by atoms with van der Waals surface area (Å²) in [6, 6.07) is 8.04. The second kappa shape index (κ2) is 6.94. The van der Waals surface area contributed by atoms with Crippen LogP contribution in [0.15, 0.2) is 24.3 Å². The summed E-state index contributed by atoms with van der Waals surface area (Å²) in [5.74, 6) is 0.318. The molecule has 2 N–H and O–H groups in total. The predicted molar refractivity (Wildman–Crippen MR) is 82.7 cm³/mol. The average molecular weight is 291 g/mol. The van der Waals surface area contributed by atoms with E-state index >= 15 is 0 Å². The second-order valence-electron chi connectivity index (χ2n) is 5.71. The van der Waals surface area contributed by atoms with Gasteiger partial charge in [-0.25, -0.2) is 0 Å². The van der Waals surface area contributed by atoms with Gasteiger partial charge in [0, 0.05) is 0 Å². The van der Waals surface area contributed by atoms with Crippen LogP contribution in [0.5, 0.6) is 5.75 Å². The van der Waals surface area contributed by atoms with E-state index < -0.39 is 11.5 Å². The van der Waals surface area contributed by atoms with Gasteiger partial charge < -0.3 is 15.2 Å². The van der Waals surface area contributed by atoms with Crippen LogP contribution in [0.25, 0.3) is 0 Å². The summed E-state index contributed by atoms with van der Waals surface area (Å²) in [5.41, 5.74) is 0.426. The van der Waals surface area contributed by atoms with E-state index in [1.54, 1.807) is 7.05 Å². The zero-order chi connectivity index (χ0) is 15.3. The fourth-order valence-electron chi connectivity index (χ4n) is 3.43. The Morgan fingerprint density at radius 2 is 2.24 bits per heavy atom. The summed E-state index contributed by atoms with van der Waals surface area (Å²) in [5, 5.41) is 12.6. The SMILES string of the molecule is CCc1ccccc1OCCC1CCCC1(NC)C(=O)O. The molecular formula is C17H25NO3. The van der Waals surface area contributed by atoms with Crippen LogP contribution in [0.2, 0.25) is 0 Å². The van der Waals surface area contributed by atoms with Gasteiger partial charge in [0.15, 0.2) is 0 Å². The lowest BCUT2D eigenvalue weighted by atomic mass is 9.85. The standard InChI is InChI=1S/C17H25NO3/c1-3-13-7-4-5-9-15(13)21-12-10-14-8-6-11-17(14,18-2)16(19)20/h4-5,7,9,14,18H,3,6,8,10-12H2,1-2H3,(H,19,20). The molecule has 1 aromatic rings. The highest BCUT2D eigenvalue weighted by Gasteiger charge is 2.47. The van der Waals surface area contributed by atoms with Crippen LogP contribution in [-0.2, 0) is 11.2 Å². The molecule has 116 valence electrons. The van der Waals surface area contributed by atoms with Crippen molar-refractivity contribution in [1.82, 2.24) is 5.32 Å². The largest absolute Gasteiger partial charge is 0.493 e. The summed E-state index contributed by atoms with van der Waals surface area (Å²) in [4.78, 5) is 11.6. The Morgan fingerprint density at radius 1 is 1.48 bits per heavy atom. The van der Waals surface area contributed by atoms with E-state index in [9.17, 15) is 9.90 Å². The number of carbonyl (C=O) groups is 1.